The Kier molecular flexibility index (Phi) is 2.14. The molecule has 0 radical (unpaired) electrons. The fraction of sp³-hybridized carbons (Fsp3) is 0.0909. The standard InChI is InChI=1S/C11H9NO2/c1-8(13)14-11-3-2-10-7-12-5-4-9(10)6-11/h2-7H,1H3. The van der Waals surface area contributed by atoms with E-state index in [1.54, 1.807) is 18.5 Å². The second kappa shape index (κ2) is 3.46. The molecule has 0 fully saturated rings. The first-order chi connectivity index (χ1) is 6.75. The van der Waals surface area contributed by atoms with Gasteiger partial charge in [-0.1, -0.05) is 0 Å². The van der Waals surface area contributed by atoms with E-state index < -0.39 is 0 Å². The monoisotopic (exact) mass is 187 g/mol. The van der Waals surface area contributed by atoms with Crippen LogP contribution in [0.4, 0.5) is 0 Å². The summed E-state index contributed by atoms with van der Waals surface area (Å²) in [6.07, 6.45) is 3.48. The van der Waals surface area contributed by atoms with Gasteiger partial charge in [0, 0.05) is 24.7 Å². The fourth-order valence-corrected chi connectivity index (χ4v) is 1.29. The minimum absolute atomic E-state index is 0.307. The minimum atomic E-state index is -0.307. The largest absolute Gasteiger partial charge is 0.427 e. The average molecular weight is 187 g/mol. The summed E-state index contributed by atoms with van der Waals surface area (Å²) in [5.41, 5.74) is 0. The molecule has 0 aliphatic heterocycles. The van der Waals surface area contributed by atoms with Crippen LogP contribution in [0.3, 0.4) is 0 Å². The number of benzene rings is 1. The zero-order valence-electron chi connectivity index (χ0n) is 7.73. The summed E-state index contributed by atoms with van der Waals surface area (Å²) in [5.74, 6) is 0.259. The van der Waals surface area contributed by atoms with Gasteiger partial charge in [-0.25, -0.2) is 0 Å². The Bertz CT molecular complexity index is 479. The van der Waals surface area contributed by atoms with E-state index in [9.17, 15) is 4.79 Å². The summed E-state index contributed by atoms with van der Waals surface area (Å²) >= 11 is 0. The molecule has 3 heteroatoms. The molecule has 0 saturated carbocycles. The van der Waals surface area contributed by atoms with Crippen LogP contribution in [0.2, 0.25) is 0 Å². The first-order valence-electron chi connectivity index (χ1n) is 4.28. The number of carbonyl (C=O) groups excluding carboxylic acids is 1. The third-order valence-electron chi connectivity index (χ3n) is 1.87. The van der Waals surface area contributed by atoms with Crippen molar-refractivity contribution in [3.8, 4) is 5.75 Å². The molecule has 0 aliphatic carbocycles. The predicted molar refractivity (Wildman–Crippen MR) is 53.1 cm³/mol. The zero-order chi connectivity index (χ0) is 9.97. The van der Waals surface area contributed by atoms with Crippen LogP contribution < -0.4 is 4.74 Å². The molecule has 0 amide bonds. The van der Waals surface area contributed by atoms with Crippen molar-refractivity contribution in [2.75, 3.05) is 0 Å². The first kappa shape index (κ1) is 8.69. The van der Waals surface area contributed by atoms with Crippen molar-refractivity contribution in [3.63, 3.8) is 0 Å². The van der Waals surface area contributed by atoms with Gasteiger partial charge in [0.05, 0.1) is 0 Å². The van der Waals surface area contributed by atoms with Gasteiger partial charge in [-0.05, 0) is 29.7 Å². The van der Waals surface area contributed by atoms with Gasteiger partial charge >= 0.3 is 5.97 Å². The average Bonchev–Trinajstić information content (AvgIpc) is 2.17. The van der Waals surface area contributed by atoms with Crippen molar-refractivity contribution in [1.29, 1.82) is 0 Å². The molecule has 1 aromatic heterocycles. The first-order valence-corrected chi connectivity index (χ1v) is 4.28. The third kappa shape index (κ3) is 1.71. The number of carbonyl (C=O) groups is 1. The normalized spacial score (nSPS) is 10.1. The Balaban J connectivity index is 2.46. The van der Waals surface area contributed by atoms with Gasteiger partial charge in [0.1, 0.15) is 5.75 Å². The smallest absolute Gasteiger partial charge is 0.308 e. The van der Waals surface area contributed by atoms with Crippen molar-refractivity contribution in [2.45, 2.75) is 6.92 Å². The number of fused-ring (bicyclic) bond motifs is 1. The highest BCUT2D eigenvalue weighted by Gasteiger charge is 1.99. The highest BCUT2D eigenvalue weighted by Crippen LogP contribution is 2.19. The van der Waals surface area contributed by atoms with Gasteiger partial charge in [0.2, 0.25) is 0 Å². The summed E-state index contributed by atoms with van der Waals surface area (Å²) in [5, 5.41) is 2.04. The molecule has 0 aliphatic rings. The Morgan fingerprint density at radius 3 is 2.93 bits per heavy atom. The lowest BCUT2D eigenvalue weighted by Gasteiger charge is -2.02. The van der Waals surface area contributed by atoms with E-state index in [1.165, 1.54) is 6.92 Å². The van der Waals surface area contributed by atoms with E-state index in [2.05, 4.69) is 4.98 Å². The van der Waals surface area contributed by atoms with Gasteiger partial charge in [-0.15, -0.1) is 0 Å². The molecular formula is C11H9NO2. The Morgan fingerprint density at radius 2 is 2.14 bits per heavy atom. The van der Waals surface area contributed by atoms with E-state index >= 15 is 0 Å². The number of hydrogen-bond donors (Lipinski definition) is 0. The number of nitrogens with zero attached hydrogens (tertiary/aromatic N) is 1. The lowest BCUT2D eigenvalue weighted by molar-refractivity contribution is -0.131. The minimum Gasteiger partial charge on any atom is -0.427 e. The van der Waals surface area contributed by atoms with Gasteiger partial charge in [-0.3, -0.25) is 9.78 Å². The number of esters is 1. The van der Waals surface area contributed by atoms with E-state index in [0.717, 1.165) is 10.8 Å². The molecule has 0 unspecified atom stereocenters. The highest BCUT2D eigenvalue weighted by atomic mass is 16.5. The molecule has 2 aromatic rings. The topological polar surface area (TPSA) is 39.2 Å². The van der Waals surface area contributed by atoms with Crippen molar-refractivity contribution in [3.05, 3.63) is 36.7 Å². The molecule has 0 atom stereocenters. The lowest BCUT2D eigenvalue weighted by Crippen LogP contribution is -2.00. The van der Waals surface area contributed by atoms with E-state index in [1.807, 2.05) is 18.2 Å². The number of pyridine rings is 1. The summed E-state index contributed by atoms with van der Waals surface area (Å²) in [4.78, 5) is 14.7. The highest BCUT2D eigenvalue weighted by molar-refractivity contribution is 5.83. The maximum Gasteiger partial charge on any atom is 0.308 e. The summed E-state index contributed by atoms with van der Waals surface area (Å²) in [6, 6.07) is 7.33. The molecule has 0 saturated heterocycles. The van der Waals surface area contributed by atoms with Gasteiger partial charge in [0.25, 0.3) is 0 Å². The van der Waals surface area contributed by atoms with Crippen LogP contribution >= 0.6 is 0 Å². The maximum absolute atomic E-state index is 10.7. The van der Waals surface area contributed by atoms with E-state index in [0.29, 0.717) is 5.75 Å². The van der Waals surface area contributed by atoms with Crippen LogP contribution in [0.25, 0.3) is 10.8 Å². The summed E-state index contributed by atoms with van der Waals surface area (Å²) in [7, 11) is 0. The van der Waals surface area contributed by atoms with E-state index in [4.69, 9.17) is 4.74 Å². The molecular weight excluding hydrogens is 178 g/mol. The molecule has 0 N–H and O–H groups in total. The molecule has 14 heavy (non-hydrogen) atoms. The molecule has 0 bridgehead atoms. The molecule has 2 rings (SSSR count). The Morgan fingerprint density at radius 1 is 1.29 bits per heavy atom. The Labute approximate surface area is 81.3 Å². The van der Waals surface area contributed by atoms with Crippen LogP contribution in [0.5, 0.6) is 5.75 Å². The molecule has 70 valence electrons. The number of rotatable bonds is 1. The predicted octanol–water partition coefficient (Wildman–Crippen LogP) is 2.16. The summed E-state index contributed by atoms with van der Waals surface area (Å²) < 4.78 is 4.96. The SMILES string of the molecule is CC(=O)Oc1ccc2cnccc2c1. The zero-order valence-corrected chi connectivity index (χ0v) is 7.73. The van der Waals surface area contributed by atoms with Gasteiger partial charge < -0.3 is 4.74 Å². The Hall–Kier alpha value is -1.90. The second-order valence-corrected chi connectivity index (χ2v) is 2.98. The number of aromatic nitrogens is 1. The van der Waals surface area contributed by atoms with E-state index in [-0.39, 0.29) is 5.97 Å². The van der Waals surface area contributed by atoms with Crippen LogP contribution in [-0.4, -0.2) is 11.0 Å². The van der Waals surface area contributed by atoms with Crippen molar-refractivity contribution in [2.24, 2.45) is 0 Å². The second-order valence-electron chi connectivity index (χ2n) is 2.98. The number of hydrogen-bond acceptors (Lipinski definition) is 3. The van der Waals surface area contributed by atoms with Crippen molar-refractivity contribution >= 4 is 16.7 Å². The molecule has 1 heterocycles. The number of ether oxygens (including phenoxy) is 1. The van der Waals surface area contributed by atoms with Crippen LogP contribution in [0.1, 0.15) is 6.92 Å². The quantitative estimate of drug-likeness (QED) is 0.507. The van der Waals surface area contributed by atoms with Crippen LogP contribution in [0.15, 0.2) is 36.7 Å². The van der Waals surface area contributed by atoms with Crippen LogP contribution in [0, 0.1) is 0 Å². The summed E-state index contributed by atoms with van der Waals surface area (Å²) in [6.45, 7) is 1.39. The van der Waals surface area contributed by atoms with Crippen molar-refractivity contribution < 1.29 is 9.53 Å². The third-order valence-corrected chi connectivity index (χ3v) is 1.87. The molecule has 3 nitrogen and oxygen atoms in total. The fourth-order valence-electron chi connectivity index (χ4n) is 1.29. The lowest BCUT2D eigenvalue weighted by atomic mass is 10.2. The van der Waals surface area contributed by atoms with Crippen molar-refractivity contribution in [1.82, 2.24) is 4.98 Å². The molecule has 0 spiro atoms. The van der Waals surface area contributed by atoms with Crippen LogP contribution in [-0.2, 0) is 4.79 Å². The molecule has 1 aromatic carbocycles. The van der Waals surface area contributed by atoms with Gasteiger partial charge in [0.15, 0.2) is 0 Å². The van der Waals surface area contributed by atoms with Gasteiger partial charge in [-0.2, -0.15) is 0 Å². The maximum atomic E-state index is 10.7.